The molecule has 0 saturated heterocycles. The maximum absolute atomic E-state index is 0. The van der Waals surface area contributed by atoms with Gasteiger partial charge in [0, 0.05) is 21.1 Å². The van der Waals surface area contributed by atoms with Gasteiger partial charge < -0.3 is 0 Å². The van der Waals surface area contributed by atoms with E-state index in [0.717, 1.165) is 0 Å². The molecule has 4 heteroatoms. The zero-order valence-electron chi connectivity index (χ0n) is 0.724. The molecule has 0 aromatic carbocycles. The van der Waals surface area contributed by atoms with Crippen molar-refractivity contribution >= 4 is 115 Å². The van der Waals surface area contributed by atoms with Crippen molar-refractivity contribution in [1.82, 2.24) is 0 Å². The topological polar surface area (TPSA) is 0 Å². The molecule has 0 aliphatic carbocycles. The molecule has 0 fully saturated rings. The third-order valence-electron chi connectivity index (χ3n) is 0. The van der Waals surface area contributed by atoms with E-state index in [-0.39, 0.29) is 136 Å². The van der Waals surface area contributed by atoms with Gasteiger partial charge in [0.25, 0.3) is 0 Å². The van der Waals surface area contributed by atoms with Crippen LogP contribution in [0.3, 0.4) is 0 Å². The second kappa shape index (κ2) is 15.7. The molecule has 0 aliphatic rings. The molecule has 0 bridgehead atoms. The van der Waals surface area contributed by atoms with E-state index in [1.165, 1.54) is 0 Å². The summed E-state index contributed by atoms with van der Waals surface area (Å²) in [5, 5.41) is 0. The van der Waals surface area contributed by atoms with Gasteiger partial charge in [-0.3, -0.25) is 0 Å². The Morgan fingerprint density at radius 2 is 0.750 bits per heavy atom. The second-order valence-electron chi connectivity index (χ2n) is 0. The van der Waals surface area contributed by atoms with Crippen LogP contribution in [0.5, 0.6) is 0 Å². The van der Waals surface area contributed by atoms with Gasteiger partial charge in [0.2, 0.25) is 0 Å². The molecule has 22 valence electrons. The first kappa shape index (κ1) is 24.0. The first-order valence-corrected chi connectivity index (χ1v) is 0. The smallest absolute Gasteiger partial charge is 0 e. The normalized spacial score (nSPS) is 0. The SMILES string of the molecule is Cl.[KH].[KH].[Pt]. The summed E-state index contributed by atoms with van der Waals surface area (Å²) < 4.78 is 0. The molecule has 0 amide bonds. The Bertz CT molecular complexity index is 6.00. The fourth-order valence-electron chi connectivity index (χ4n) is 0. The Morgan fingerprint density at radius 1 is 0.750 bits per heavy atom. The fourth-order valence-corrected chi connectivity index (χ4v) is 0. The summed E-state index contributed by atoms with van der Waals surface area (Å²) in [4.78, 5) is 0. The van der Waals surface area contributed by atoms with E-state index in [1.807, 2.05) is 0 Å². The summed E-state index contributed by atoms with van der Waals surface area (Å²) in [6.45, 7) is 0. The minimum Gasteiger partial charge on any atom is 0 e. The average Bonchev–Trinajstić information content (AvgIpc) is 0. The molecule has 0 radical (unpaired) electrons. The van der Waals surface area contributed by atoms with E-state index in [9.17, 15) is 0 Å². The summed E-state index contributed by atoms with van der Waals surface area (Å²) in [7, 11) is 0. The van der Waals surface area contributed by atoms with E-state index in [1.54, 1.807) is 0 Å². The molecule has 0 atom stereocenters. The third-order valence-corrected chi connectivity index (χ3v) is 0. The quantitative estimate of drug-likeness (QED) is 0.510. The van der Waals surface area contributed by atoms with Gasteiger partial charge in [-0.2, -0.15) is 0 Å². The Kier molecular flexibility index (Phi) is 94.1. The van der Waals surface area contributed by atoms with Gasteiger partial charge in [-0.25, -0.2) is 0 Å². The van der Waals surface area contributed by atoms with E-state index >= 15 is 0 Å². The number of rotatable bonds is 0. The Hall–Kier alpha value is 4.25. The van der Waals surface area contributed by atoms with Crippen LogP contribution in [0.1, 0.15) is 0 Å². The van der Waals surface area contributed by atoms with Crippen LogP contribution in [-0.2, 0) is 21.1 Å². The summed E-state index contributed by atoms with van der Waals surface area (Å²) in [6, 6.07) is 0. The summed E-state index contributed by atoms with van der Waals surface area (Å²) in [5.41, 5.74) is 0. The van der Waals surface area contributed by atoms with Crippen molar-refractivity contribution in [2.24, 2.45) is 0 Å². The standard InChI is InChI=1S/ClH.2K.Pt.2H/h1H;;;;;. The largest absolute Gasteiger partial charge is 0 e. The van der Waals surface area contributed by atoms with Crippen LogP contribution >= 0.6 is 12.4 Å². The summed E-state index contributed by atoms with van der Waals surface area (Å²) >= 11 is 0. The predicted molar refractivity (Wildman–Crippen MR) is 21.5 cm³/mol. The van der Waals surface area contributed by atoms with E-state index in [4.69, 9.17) is 0 Å². The predicted octanol–water partition coefficient (Wildman–Crippen LogP) is -0.878. The van der Waals surface area contributed by atoms with Crippen LogP contribution in [0.2, 0.25) is 0 Å². The number of hydrogen-bond acceptors (Lipinski definition) is 0. The van der Waals surface area contributed by atoms with Crippen LogP contribution in [0, 0.1) is 0 Å². The molecule has 0 unspecified atom stereocenters. The van der Waals surface area contributed by atoms with Crippen LogP contribution in [-0.4, -0.2) is 103 Å². The summed E-state index contributed by atoms with van der Waals surface area (Å²) in [6.07, 6.45) is 0. The zero-order valence-corrected chi connectivity index (χ0v) is 3.81. The number of halogens is 1. The van der Waals surface area contributed by atoms with Crippen molar-refractivity contribution in [2.45, 2.75) is 0 Å². The molecule has 0 saturated carbocycles. The molecule has 0 spiro atoms. The minimum absolute atomic E-state index is 0. The van der Waals surface area contributed by atoms with Crippen molar-refractivity contribution in [3.05, 3.63) is 0 Å². The van der Waals surface area contributed by atoms with Crippen molar-refractivity contribution in [3.63, 3.8) is 0 Å². The van der Waals surface area contributed by atoms with Crippen molar-refractivity contribution < 1.29 is 21.1 Å². The molecule has 0 N–H and O–H groups in total. The molecule has 0 heterocycles. The monoisotopic (exact) mass is 311 g/mol. The minimum atomic E-state index is 0. The first-order valence-electron chi connectivity index (χ1n) is 0. The molecule has 0 rings (SSSR count). The van der Waals surface area contributed by atoms with Crippen LogP contribution < -0.4 is 0 Å². The summed E-state index contributed by atoms with van der Waals surface area (Å²) in [5.74, 6) is 0. The van der Waals surface area contributed by atoms with Gasteiger partial charge in [-0.15, -0.1) is 12.4 Å². The molecule has 4 heavy (non-hydrogen) atoms. The molecule has 0 nitrogen and oxygen atoms in total. The van der Waals surface area contributed by atoms with Crippen LogP contribution in [0.15, 0.2) is 0 Å². The first-order chi connectivity index (χ1) is 0. The van der Waals surface area contributed by atoms with E-state index < -0.39 is 0 Å². The van der Waals surface area contributed by atoms with Crippen molar-refractivity contribution in [3.8, 4) is 0 Å². The Labute approximate surface area is 132 Å². The van der Waals surface area contributed by atoms with Gasteiger partial charge in [-0.05, 0) is 0 Å². The third kappa shape index (κ3) is 9.54. The van der Waals surface area contributed by atoms with E-state index in [2.05, 4.69) is 0 Å². The van der Waals surface area contributed by atoms with Crippen molar-refractivity contribution in [2.75, 3.05) is 0 Å². The molecule has 0 aliphatic heterocycles. The molecular formula is H3ClK2Pt. The van der Waals surface area contributed by atoms with Gasteiger partial charge >= 0.3 is 103 Å². The molecule has 0 aromatic heterocycles. The zero-order chi connectivity index (χ0) is 0. The van der Waals surface area contributed by atoms with Crippen LogP contribution in [0.4, 0.5) is 0 Å². The van der Waals surface area contributed by atoms with Gasteiger partial charge in [0.15, 0.2) is 0 Å². The molecular weight excluding hydrogens is 309 g/mol. The maximum atomic E-state index is 0. The fraction of sp³-hybridized carbons (Fsp3) is 0. The Balaban J connectivity index is 0. The Morgan fingerprint density at radius 3 is 0.750 bits per heavy atom. The molecule has 0 aromatic rings. The van der Waals surface area contributed by atoms with Crippen molar-refractivity contribution in [1.29, 1.82) is 0 Å². The van der Waals surface area contributed by atoms with Crippen LogP contribution in [0.25, 0.3) is 0 Å². The van der Waals surface area contributed by atoms with E-state index in [0.29, 0.717) is 0 Å². The number of hydrogen-bond donors (Lipinski definition) is 0. The van der Waals surface area contributed by atoms with Gasteiger partial charge in [0.05, 0.1) is 0 Å². The maximum Gasteiger partial charge on any atom is 0 e. The average molecular weight is 312 g/mol. The van der Waals surface area contributed by atoms with Gasteiger partial charge in [0.1, 0.15) is 0 Å². The van der Waals surface area contributed by atoms with Gasteiger partial charge in [-0.1, -0.05) is 0 Å². The second-order valence-corrected chi connectivity index (χ2v) is 0.